The van der Waals surface area contributed by atoms with Gasteiger partial charge in [0.2, 0.25) is 0 Å². The van der Waals surface area contributed by atoms with Crippen molar-refractivity contribution in [3.8, 4) is 5.75 Å². The third-order valence-electron chi connectivity index (χ3n) is 5.43. The third-order valence-corrected chi connectivity index (χ3v) is 5.43. The molecule has 3 nitrogen and oxygen atoms in total. The lowest BCUT2D eigenvalue weighted by Crippen LogP contribution is -2.16. The van der Waals surface area contributed by atoms with Gasteiger partial charge in [0.25, 0.3) is 0 Å². The van der Waals surface area contributed by atoms with Gasteiger partial charge in [-0.05, 0) is 78.5 Å². The van der Waals surface area contributed by atoms with Gasteiger partial charge in [-0.3, -0.25) is 0 Å². The summed E-state index contributed by atoms with van der Waals surface area (Å²) in [5.74, 6) is 1.29. The monoisotopic (exact) mass is 402 g/mol. The van der Waals surface area contributed by atoms with Gasteiger partial charge < -0.3 is 4.74 Å². The van der Waals surface area contributed by atoms with Crippen LogP contribution in [0, 0.1) is 5.92 Å². The first-order valence-corrected chi connectivity index (χ1v) is 9.95. The molecule has 0 bridgehead atoms. The second kappa shape index (κ2) is 9.72. The van der Waals surface area contributed by atoms with Gasteiger partial charge in [-0.25, -0.2) is 0 Å². The SMILES string of the molecule is CCC1CCC(c2ccc(C=NN=Cc3ccc(OC(F)(F)F)cc3)cc2)CC1. The van der Waals surface area contributed by atoms with Crippen LogP contribution in [0.25, 0.3) is 0 Å². The molecule has 0 spiro atoms. The molecule has 0 radical (unpaired) electrons. The molecule has 1 fully saturated rings. The quantitative estimate of drug-likeness (QED) is 0.390. The number of hydrogen-bond donors (Lipinski definition) is 0. The van der Waals surface area contributed by atoms with Crippen LogP contribution < -0.4 is 4.74 Å². The Balaban J connectivity index is 1.51. The van der Waals surface area contributed by atoms with E-state index in [0.717, 1.165) is 11.5 Å². The lowest BCUT2D eigenvalue weighted by molar-refractivity contribution is -0.274. The molecule has 0 unspecified atom stereocenters. The second-order valence-electron chi connectivity index (χ2n) is 7.40. The van der Waals surface area contributed by atoms with Crippen LogP contribution in [0.5, 0.6) is 5.75 Å². The molecule has 3 rings (SSSR count). The van der Waals surface area contributed by atoms with Crippen molar-refractivity contribution in [2.45, 2.75) is 51.3 Å². The zero-order valence-corrected chi connectivity index (χ0v) is 16.4. The van der Waals surface area contributed by atoms with E-state index in [1.54, 1.807) is 6.21 Å². The Morgan fingerprint density at radius 3 is 1.86 bits per heavy atom. The number of ether oxygens (including phenoxy) is 1. The van der Waals surface area contributed by atoms with Crippen molar-refractivity contribution in [1.82, 2.24) is 0 Å². The van der Waals surface area contributed by atoms with Crippen molar-refractivity contribution >= 4 is 12.4 Å². The number of hydrogen-bond acceptors (Lipinski definition) is 3. The van der Waals surface area contributed by atoms with E-state index in [1.807, 2.05) is 12.1 Å². The maximum Gasteiger partial charge on any atom is 0.573 e. The highest BCUT2D eigenvalue weighted by atomic mass is 19.4. The van der Waals surface area contributed by atoms with Crippen LogP contribution in [-0.2, 0) is 0 Å². The number of rotatable bonds is 6. The maximum absolute atomic E-state index is 12.1. The van der Waals surface area contributed by atoms with Gasteiger partial charge in [0, 0.05) is 0 Å². The number of benzene rings is 2. The molecule has 1 saturated carbocycles. The third kappa shape index (κ3) is 6.73. The van der Waals surface area contributed by atoms with Crippen LogP contribution >= 0.6 is 0 Å². The Hall–Kier alpha value is -2.63. The fraction of sp³-hybridized carbons (Fsp3) is 0.391. The maximum atomic E-state index is 12.1. The zero-order chi connectivity index (χ0) is 20.7. The van der Waals surface area contributed by atoms with Crippen molar-refractivity contribution in [3.63, 3.8) is 0 Å². The summed E-state index contributed by atoms with van der Waals surface area (Å²) < 4.78 is 40.3. The highest BCUT2D eigenvalue weighted by Crippen LogP contribution is 2.36. The molecule has 0 amide bonds. The molecular formula is C23H25F3N2O. The summed E-state index contributed by atoms with van der Waals surface area (Å²) in [6, 6.07) is 13.9. The first-order valence-electron chi connectivity index (χ1n) is 9.95. The number of nitrogens with zero attached hydrogens (tertiary/aromatic N) is 2. The van der Waals surface area contributed by atoms with Crippen molar-refractivity contribution in [3.05, 3.63) is 65.2 Å². The Kier molecular flexibility index (Phi) is 7.07. The van der Waals surface area contributed by atoms with Gasteiger partial charge in [-0.1, -0.05) is 37.6 Å². The van der Waals surface area contributed by atoms with E-state index in [4.69, 9.17) is 0 Å². The summed E-state index contributed by atoms with van der Waals surface area (Å²) in [6.07, 6.45) is 4.92. The van der Waals surface area contributed by atoms with Crippen LogP contribution in [0.3, 0.4) is 0 Å². The van der Waals surface area contributed by atoms with E-state index in [-0.39, 0.29) is 5.75 Å². The lowest BCUT2D eigenvalue weighted by Gasteiger charge is -2.28. The van der Waals surface area contributed by atoms with Crippen LogP contribution in [0.4, 0.5) is 13.2 Å². The standard InChI is InChI=1S/C23H25F3N2O/c1-2-17-3-9-20(10-4-17)21-11-5-18(6-12-21)15-27-28-16-19-7-13-22(14-8-19)29-23(24,25)26/h5-8,11-17,20H,2-4,9-10H2,1H3. The van der Waals surface area contributed by atoms with E-state index in [9.17, 15) is 13.2 Å². The van der Waals surface area contributed by atoms with Crippen LogP contribution in [0.15, 0.2) is 58.7 Å². The molecule has 6 heteroatoms. The van der Waals surface area contributed by atoms with Gasteiger partial charge >= 0.3 is 6.36 Å². The molecule has 2 aromatic rings. The summed E-state index contributed by atoms with van der Waals surface area (Å²) in [5.41, 5.74) is 2.98. The molecule has 29 heavy (non-hydrogen) atoms. The average molecular weight is 402 g/mol. The lowest BCUT2D eigenvalue weighted by atomic mass is 9.78. The van der Waals surface area contributed by atoms with E-state index in [2.05, 4.69) is 34.0 Å². The Bertz CT molecular complexity index is 819. The molecule has 154 valence electrons. The summed E-state index contributed by atoms with van der Waals surface area (Å²) >= 11 is 0. The zero-order valence-electron chi connectivity index (χ0n) is 16.4. The topological polar surface area (TPSA) is 34.0 Å². The molecule has 0 N–H and O–H groups in total. The smallest absolute Gasteiger partial charge is 0.406 e. The van der Waals surface area contributed by atoms with Gasteiger partial charge in [0.1, 0.15) is 5.75 Å². The molecule has 1 aliphatic carbocycles. The number of alkyl halides is 3. The normalized spacial score (nSPS) is 20.4. The molecule has 0 heterocycles. The minimum absolute atomic E-state index is 0.263. The minimum atomic E-state index is -4.69. The van der Waals surface area contributed by atoms with E-state index in [1.165, 1.54) is 68.1 Å². The molecule has 0 saturated heterocycles. The Morgan fingerprint density at radius 1 is 0.862 bits per heavy atom. The van der Waals surface area contributed by atoms with Crippen LogP contribution in [0.2, 0.25) is 0 Å². The Labute approximate surface area is 169 Å². The van der Waals surface area contributed by atoms with E-state index < -0.39 is 6.36 Å². The largest absolute Gasteiger partial charge is 0.573 e. The molecule has 0 atom stereocenters. The van der Waals surface area contributed by atoms with Crippen molar-refractivity contribution in [2.75, 3.05) is 0 Å². The predicted octanol–water partition coefficient (Wildman–Crippen LogP) is 6.72. The predicted molar refractivity (Wildman–Crippen MR) is 110 cm³/mol. The van der Waals surface area contributed by atoms with Crippen molar-refractivity contribution < 1.29 is 17.9 Å². The first-order chi connectivity index (χ1) is 13.9. The Morgan fingerprint density at radius 2 is 1.38 bits per heavy atom. The first kappa shape index (κ1) is 21.1. The molecule has 0 aromatic heterocycles. The van der Waals surface area contributed by atoms with Gasteiger partial charge in [0.05, 0.1) is 12.4 Å². The molecule has 1 aliphatic rings. The van der Waals surface area contributed by atoms with E-state index >= 15 is 0 Å². The minimum Gasteiger partial charge on any atom is -0.406 e. The summed E-state index contributed by atoms with van der Waals surface area (Å²) in [4.78, 5) is 0. The fourth-order valence-corrected chi connectivity index (χ4v) is 3.71. The summed E-state index contributed by atoms with van der Waals surface area (Å²) in [5, 5.41) is 7.97. The molecular weight excluding hydrogens is 377 g/mol. The number of halogens is 3. The molecule has 0 aliphatic heterocycles. The highest BCUT2D eigenvalue weighted by Gasteiger charge is 2.30. The average Bonchev–Trinajstić information content (AvgIpc) is 2.72. The van der Waals surface area contributed by atoms with Crippen molar-refractivity contribution in [2.24, 2.45) is 16.1 Å². The highest BCUT2D eigenvalue weighted by molar-refractivity contribution is 5.82. The summed E-state index contributed by atoms with van der Waals surface area (Å²) in [6.45, 7) is 2.28. The van der Waals surface area contributed by atoms with Crippen molar-refractivity contribution in [1.29, 1.82) is 0 Å². The van der Waals surface area contributed by atoms with Gasteiger partial charge in [-0.15, -0.1) is 13.2 Å². The van der Waals surface area contributed by atoms with E-state index in [0.29, 0.717) is 11.5 Å². The molecule has 2 aromatic carbocycles. The van der Waals surface area contributed by atoms with Gasteiger partial charge in [-0.2, -0.15) is 10.2 Å². The fourth-order valence-electron chi connectivity index (χ4n) is 3.71. The second-order valence-corrected chi connectivity index (χ2v) is 7.40. The van der Waals surface area contributed by atoms with Gasteiger partial charge in [0.15, 0.2) is 0 Å². The summed E-state index contributed by atoms with van der Waals surface area (Å²) in [7, 11) is 0. The van der Waals surface area contributed by atoms with Crippen LogP contribution in [-0.4, -0.2) is 18.8 Å². The van der Waals surface area contributed by atoms with Crippen LogP contribution in [0.1, 0.15) is 61.6 Å².